The molecule has 10 aromatic rings. The molecule has 0 saturated heterocycles. The van der Waals surface area contributed by atoms with Crippen LogP contribution >= 0.6 is 0 Å². The standard InChI is InChI=1S/C50H32N4O/c1-50(2)40-21-11-9-18-33(40)36-27-37-34-19-10-12-22-42(34)54(43(37)28-41(36)50)32-24-25-44-38(26-32)46-35(20-13-23-45(46)55-44)49-52-47(30-14-5-3-6-15-30)39(29-51)48(53-49)31-16-7-4-8-17-31/h3-28H,1-2H3. The highest BCUT2D eigenvalue weighted by Gasteiger charge is 2.36. The third-order valence-corrected chi connectivity index (χ3v) is 11.5. The first-order valence-electron chi connectivity index (χ1n) is 18.6. The Labute approximate surface area is 317 Å². The van der Waals surface area contributed by atoms with Crippen molar-refractivity contribution in [3.8, 4) is 56.8 Å². The molecule has 258 valence electrons. The smallest absolute Gasteiger partial charge is 0.161 e. The second kappa shape index (κ2) is 11.6. The average molecular weight is 705 g/mol. The molecule has 55 heavy (non-hydrogen) atoms. The lowest BCUT2D eigenvalue weighted by atomic mass is 9.82. The van der Waals surface area contributed by atoms with E-state index in [1.54, 1.807) is 0 Å². The molecule has 5 nitrogen and oxygen atoms in total. The summed E-state index contributed by atoms with van der Waals surface area (Å²) in [6, 6.07) is 57.0. The molecule has 0 amide bonds. The van der Waals surface area contributed by atoms with Gasteiger partial charge in [0.2, 0.25) is 0 Å². The van der Waals surface area contributed by atoms with Crippen LogP contribution in [-0.4, -0.2) is 14.5 Å². The number of benzene rings is 7. The van der Waals surface area contributed by atoms with Crippen molar-refractivity contribution in [1.29, 1.82) is 5.26 Å². The van der Waals surface area contributed by atoms with Gasteiger partial charge in [0.15, 0.2) is 5.82 Å². The van der Waals surface area contributed by atoms with Gasteiger partial charge in [-0.05, 0) is 64.7 Å². The van der Waals surface area contributed by atoms with Crippen LogP contribution in [0.25, 0.3) is 94.5 Å². The molecule has 0 spiro atoms. The van der Waals surface area contributed by atoms with Gasteiger partial charge in [-0.2, -0.15) is 5.26 Å². The lowest BCUT2D eigenvalue weighted by Crippen LogP contribution is -2.14. The summed E-state index contributed by atoms with van der Waals surface area (Å²) in [5.74, 6) is 0.532. The summed E-state index contributed by atoms with van der Waals surface area (Å²) in [6.07, 6.45) is 0. The zero-order valence-corrected chi connectivity index (χ0v) is 30.2. The van der Waals surface area contributed by atoms with Crippen LogP contribution in [0.5, 0.6) is 0 Å². The van der Waals surface area contributed by atoms with Crippen molar-refractivity contribution >= 4 is 43.7 Å². The van der Waals surface area contributed by atoms with Gasteiger partial charge in [0.05, 0.1) is 22.4 Å². The molecule has 0 saturated carbocycles. The second-order valence-corrected chi connectivity index (χ2v) is 14.9. The summed E-state index contributed by atoms with van der Waals surface area (Å²) in [4.78, 5) is 10.3. The van der Waals surface area contributed by atoms with Gasteiger partial charge in [-0.15, -0.1) is 0 Å². The Hall–Kier alpha value is -7.29. The molecule has 0 bridgehead atoms. The first-order chi connectivity index (χ1) is 27.0. The maximum absolute atomic E-state index is 10.5. The number of aromatic nitrogens is 3. The Morgan fingerprint density at radius 3 is 1.96 bits per heavy atom. The van der Waals surface area contributed by atoms with Gasteiger partial charge in [-0.3, -0.25) is 0 Å². The number of furan rings is 1. The summed E-state index contributed by atoms with van der Waals surface area (Å²) >= 11 is 0. The number of nitriles is 1. The van der Waals surface area contributed by atoms with E-state index >= 15 is 0 Å². The fourth-order valence-corrected chi connectivity index (χ4v) is 8.88. The van der Waals surface area contributed by atoms with Crippen molar-refractivity contribution < 1.29 is 4.42 Å². The van der Waals surface area contributed by atoms with E-state index in [4.69, 9.17) is 14.4 Å². The third kappa shape index (κ3) is 4.52. The van der Waals surface area contributed by atoms with Crippen LogP contribution in [0.4, 0.5) is 0 Å². The van der Waals surface area contributed by atoms with Crippen molar-refractivity contribution in [1.82, 2.24) is 14.5 Å². The molecule has 1 aliphatic carbocycles. The van der Waals surface area contributed by atoms with E-state index < -0.39 is 0 Å². The summed E-state index contributed by atoms with van der Waals surface area (Å²) in [6.45, 7) is 4.67. The first kappa shape index (κ1) is 31.3. The van der Waals surface area contributed by atoms with E-state index in [9.17, 15) is 5.26 Å². The van der Waals surface area contributed by atoms with Gasteiger partial charge in [0, 0.05) is 49.3 Å². The Morgan fingerprint density at radius 2 is 1.22 bits per heavy atom. The van der Waals surface area contributed by atoms with Crippen molar-refractivity contribution in [3.63, 3.8) is 0 Å². The largest absolute Gasteiger partial charge is 0.456 e. The molecule has 0 fully saturated rings. The number of fused-ring (bicyclic) bond motifs is 9. The van der Waals surface area contributed by atoms with Crippen molar-refractivity contribution in [3.05, 3.63) is 174 Å². The Morgan fingerprint density at radius 1 is 0.545 bits per heavy atom. The van der Waals surface area contributed by atoms with E-state index in [0.29, 0.717) is 22.8 Å². The van der Waals surface area contributed by atoms with Gasteiger partial charge in [-0.1, -0.05) is 129 Å². The number of nitrogens with zero attached hydrogens (tertiary/aromatic N) is 4. The molecule has 5 heteroatoms. The molecule has 1 aliphatic rings. The highest BCUT2D eigenvalue weighted by molar-refractivity contribution is 6.14. The lowest BCUT2D eigenvalue weighted by Gasteiger charge is -2.21. The Bertz CT molecular complexity index is 3180. The third-order valence-electron chi connectivity index (χ3n) is 11.5. The van der Waals surface area contributed by atoms with Crippen LogP contribution in [0.2, 0.25) is 0 Å². The van der Waals surface area contributed by atoms with Crippen molar-refractivity contribution in [2.75, 3.05) is 0 Å². The van der Waals surface area contributed by atoms with Crippen LogP contribution in [0, 0.1) is 11.3 Å². The minimum atomic E-state index is -0.126. The fourth-order valence-electron chi connectivity index (χ4n) is 8.88. The van der Waals surface area contributed by atoms with Crippen LogP contribution in [-0.2, 0) is 5.41 Å². The van der Waals surface area contributed by atoms with E-state index in [1.165, 1.54) is 38.5 Å². The molecule has 0 unspecified atom stereocenters. The molecule has 3 heterocycles. The van der Waals surface area contributed by atoms with E-state index in [0.717, 1.165) is 49.8 Å². The van der Waals surface area contributed by atoms with Gasteiger partial charge in [-0.25, -0.2) is 9.97 Å². The highest BCUT2D eigenvalue weighted by atomic mass is 16.3. The monoisotopic (exact) mass is 704 g/mol. The molecular formula is C50H32N4O. The normalized spacial score (nSPS) is 13.0. The van der Waals surface area contributed by atoms with E-state index in [2.05, 4.69) is 109 Å². The van der Waals surface area contributed by atoms with Gasteiger partial charge in [0.25, 0.3) is 0 Å². The summed E-state index contributed by atoms with van der Waals surface area (Å²) in [5.41, 5.74) is 14.3. The molecule has 7 aromatic carbocycles. The maximum atomic E-state index is 10.5. The van der Waals surface area contributed by atoms with Crippen LogP contribution in [0.1, 0.15) is 30.5 Å². The maximum Gasteiger partial charge on any atom is 0.161 e. The average Bonchev–Trinajstić information content (AvgIpc) is 3.85. The Balaban J connectivity index is 1.17. The second-order valence-electron chi connectivity index (χ2n) is 14.9. The first-order valence-corrected chi connectivity index (χ1v) is 18.6. The fraction of sp³-hybridized carbons (Fsp3) is 0.0600. The van der Waals surface area contributed by atoms with Gasteiger partial charge in [0.1, 0.15) is 22.8 Å². The van der Waals surface area contributed by atoms with Crippen LogP contribution < -0.4 is 0 Å². The molecule has 0 N–H and O–H groups in total. The van der Waals surface area contributed by atoms with Gasteiger partial charge >= 0.3 is 0 Å². The van der Waals surface area contributed by atoms with Crippen LogP contribution in [0.3, 0.4) is 0 Å². The quantitative estimate of drug-likeness (QED) is 0.183. The molecular weight excluding hydrogens is 673 g/mol. The topological polar surface area (TPSA) is 67.6 Å². The molecule has 0 radical (unpaired) electrons. The molecule has 0 aliphatic heterocycles. The van der Waals surface area contributed by atoms with Crippen molar-refractivity contribution in [2.45, 2.75) is 19.3 Å². The zero-order valence-electron chi connectivity index (χ0n) is 30.2. The minimum Gasteiger partial charge on any atom is -0.456 e. The Kier molecular flexibility index (Phi) is 6.59. The highest BCUT2D eigenvalue weighted by Crippen LogP contribution is 2.51. The number of para-hydroxylation sites is 1. The number of hydrogen-bond acceptors (Lipinski definition) is 4. The summed E-state index contributed by atoms with van der Waals surface area (Å²) in [5, 5.41) is 14.9. The molecule has 3 aromatic heterocycles. The van der Waals surface area contributed by atoms with E-state index in [-0.39, 0.29) is 5.41 Å². The number of rotatable bonds is 4. The van der Waals surface area contributed by atoms with E-state index in [1.807, 2.05) is 72.8 Å². The van der Waals surface area contributed by atoms with Gasteiger partial charge < -0.3 is 8.98 Å². The van der Waals surface area contributed by atoms with Crippen LogP contribution in [0.15, 0.2) is 162 Å². The summed E-state index contributed by atoms with van der Waals surface area (Å²) in [7, 11) is 0. The predicted molar refractivity (Wildman–Crippen MR) is 222 cm³/mol. The predicted octanol–water partition coefficient (Wildman–Crippen LogP) is 12.7. The SMILES string of the molecule is CC1(C)c2ccccc2-c2cc3c4ccccc4n(-c4ccc5oc6cccc(-c7nc(-c8ccccc8)c(C#N)c(-c8ccccc8)n7)c6c5c4)c3cc21. The van der Waals surface area contributed by atoms with Crippen molar-refractivity contribution in [2.24, 2.45) is 0 Å². The number of hydrogen-bond donors (Lipinski definition) is 0. The molecule has 0 atom stereocenters. The minimum absolute atomic E-state index is 0.126. The zero-order chi connectivity index (χ0) is 36.8. The summed E-state index contributed by atoms with van der Waals surface area (Å²) < 4.78 is 8.94. The lowest BCUT2D eigenvalue weighted by molar-refractivity contribution is 0.661. The molecule has 11 rings (SSSR count).